The van der Waals surface area contributed by atoms with E-state index in [1.807, 2.05) is 30.3 Å². The molecule has 2 aromatic carbocycles. The Morgan fingerprint density at radius 1 is 1.04 bits per heavy atom. The fourth-order valence-corrected chi connectivity index (χ4v) is 2.70. The first-order valence-corrected chi connectivity index (χ1v) is 8.59. The molecule has 0 fully saturated rings. The molecule has 7 heteroatoms. The smallest absolute Gasteiger partial charge is 0.251 e. The predicted molar refractivity (Wildman–Crippen MR) is 100 cm³/mol. The summed E-state index contributed by atoms with van der Waals surface area (Å²) in [7, 11) is 0. The van der Waals surface area contributed by atoms with Crippen molar-refractivity contribution in [1.82, 2.24) is 15.3 Å². The number of ether oxygens (including phenoxy) is 2. The number of hydrogen-bond acceptors (Lipinski definition) is 6. The highest BCUT2D eigenvalue weighted by Gasteiger charge is 2.21. The molecule has 1 atom stereocenters. The first kappa shape index (κ1) is 16.8. The molecule has 0 bridgehead atoms. The number of aromatic nitrogens is 2. The molecule has 0 spiro atoms. The molecule has 2 N–H and O–H groups in total. The molecule has 2 heterocycles. The van der Waals surface area contributed by atoms with Crippen molar-refractivity contribution < 1.29 is 14.3 Å². The van der Waals surface area contributed by atoms with Crippen molar-refractivity contribution >= 4 is 17.5 Å². The van der Waals surface area contributed by atoms with Gasteiger partial charge in [-0.1, -0.05) is 18.2 Å². The molecule has 4 rings (SSSR count). The summed E-state index contributed by atoms with van der Waals surface area (Å²) in [6.45, 7) is 0.747. The highest BCUT2D eigenvalue weighted by atomic mass is 16.6. The summed E-state index contributed by atoms with van der Waals surface area (Å²) in [6.07, 6.45) is 3.06. The van der Waals surface area contributed by atoms with Crippen molar-refractivity contribution in [3.8, 4) is 11.5 Å². The fraction of sp³-hybridized carbons (Fsp3) is 0.150. The van der Waals surface area contributed by atoms with E-state index in [2.05, 4.69) is 20.6 Å². The second-order valence-corrected chi connectivity index (χ2v) is 5.99. The normalized spacial score (nSPS) is 15.0. The van der Waals surface area contributed by atoms with Crippen LogP contribution in [-0.2, 0) is 0 Å². The Morgan fingerprint density at radius 3 is 2.70 bits per heavy atom. The predicted octanol–water partition coefficient (Wildman–Crippen LogP) is 2.79. The van der Waals surface area contributed by atoms with Crippen LogP contribution < -0.4 is 20.1 Å². The number of anilines is 2. The van der Waals surface area contributed by atoms with Gasteiger partial charge in [-0.25, -0.2) is 9.97 Å². The van der Waals surface area contributed by atoms with Crippen molar-refractivity contribution in [2.45, 2.75) is 6.10 Å². The van der Waals surface area contributed by atoms with Crippen LogP contribution in [0, 0.1) is 0 Å². The molecule has 27 heavy (non-hydrogen) atoms. The number of fused-ring (bicyclic) bond motifs is 1. The van der Waals surface area contributed by atoms with Crippen LogP contribution in [0.1, 0.15) is 10.4 Å². The number of rotatable bonds is 5. The average Bonchev–Trinajstić information content (AvgIpc) is 2.73. The number of carbonyl (C=O) groups is 1. The van der Waals surface area contributed by atoms with Crippen LogP contribution in [0.4, 0.5) is 11.6 Å². The lowest BCUT2D eigenvalue weighted by molar-refractivity contribution is 0.0789. The SMILES string of the molecule is O=C(NC[C@H]1COc2ccccc2O1)c1cccc(Nc2ncccn2)c1. The molecule has 1 aliphatic rings. The highest BCUT2D eigenvalue weighted by Crippen LogP contribution is 2.30. The minimum absolute atomic E-state index is 0.185. The van der Waals surface area contributed by atoms with Crippen LogP contribution >= 0.6 is 0 Å². The van der Waals surface area contributed by atoms with E-state index in [0.717, 1.165) is 11.4 Å². The summed E-state index contributed by atoms with van der Waals surface area (Å²) in [5.41, 5.74) is 1.27. The van der Waals surface area contributed by atoms with Gasteiger partial charge in [0.25, 0.3) is 5.91 Å². The molecule has 3 aromatic rings. The molecule has 0 aliphatic carbocycles. The van der Waals surface area contributed by atoms with Crippen molar-refractivity contribution in [3.05, 3.63) is 72.6 Å². The topological polar surface area (TPSA) is 85.4 Å². The number of hydrogen-bond donors (Lipinski definition) is 2. The van der Waals surface area contributed by atoms with Crippen molar-refractivity contribution in [3.63, 3.8) is 0 Å². The largest absolute Gasteiger partial charge is 0.486 e. The van der Waals surface area contributed by atoms with Crippen LogP contribution in [0.3, 0.4) is 0 Å². The number of para-hydroxylation sites is 2. The lowest BCUT2D eigenvalue weighted by Crippen LogP contribution is -2.40. The van der Waals surface area contributed by atoms with Gasteiger partial charge in [-0.3, -0.25) is 4.79 Å². The van der Waals surface area contributed by atoms with Crippen molar-refractivity contribution in [2.24, 2.45) is 0 Å². The zero-order valence-corrected chi connectivity index (χ0v) is 14.5. The summed E-state index contributed by atoms with van der Waals surface area (Å²) in [5, 5.41) is 5.96. The van der Waals surface area contributed by atoms with E-state index >= 15 is 0 Å². The van der Waals surface area contributed by atoms with Crippen molar-refractivity contribution in [1.29, 1.82) is 0 Å². The zero-order valence-electron chi connectivity index (χ0n) is 14.5. The van der Waals surface area contributed by atoms with Gasteiger partial charge in [-0.2, -0.15) is 0 Å². The van der Waals surface area contributed by atoms with Crippen LogP contribution in [0.25, 0.3) is 0 Å². The summed E-state index contributed by atoms with van der Waals surface area (Å²) in [5.74, 6) is 1.70. The standard InChI is InChI=1S/C20H18N4O3/c25-19(23-12-16-13-26-17-7-1-2-8-18(17)27-16)14-5-3-6-15(11-14)24-20-21-9-4-10-22-20/h1-11,16H,12-13H2,(H,23,25)(H,21,22,24)/t16-/m0/s1. The number of benzene rings is 2. The molecule has 0 saturated carbocycles. The third-order valence-electron chi connectivity index (χ3n) is 4.00. The Bertz CT molecular complexity index is 933. The maximum atomic E-state index is 12.5. The van der Waals surface area contributed by atoms with Gasteiger partial charge in [0.05, 0.1) is 6.54 Å². The molecule has 7 nitrogen and oxygen atoms in total. The minimum atomic E-state index is -0.233. The summed E-state index contributed by atoms with van der Waals surface area (Å²) in [6, 6.07) is 16.4. The van der Waals surface area contributed by atoms with Gasteiger partial charge in [0.1, 0.15) is 12.7 Å². The Labute approximate surface area is 156 Å². The van der Waals surface area contributed by atoms with Crippen LogP contribution in [0.15, 0.2) is 67.0 Å². The lowest BCUT2D eigenvalue weighted by Gasteiger charge is -2.26. The van der Waals surface area contributed by atoms with Crippen LogP contribution in [0.2, 0.25) is 0 Å². The van der Waals surface area contributed by atoms with E-state index in [0.29, 0.717) is 30.4 Å². The second-order valence-electron chi connectivity index (χ2n) is 5.99. The first-order chi connectivity index (χ1) is 13.3. The Morgan fingerprint density at radius 2 is 1.85 bits per heavy atom. The van der Waals surface area contributed by atoms with Crippen LogP contribution in [0.5, 0.6) is 11.5 Å². The minimum Gasteiger partial charge on any atom is -0.486 e. The van der Waals surface area contributed by atoms with E-state index in [-0.39, 0.29) is 12.0 Å². The number of nitrogens with zero attached hydrogens (tertiary/aromatic N) is 2. The molecule has 0 unspecified atom stereocenters. The summed E-state index contributed by atoms with van der Waals surface area (Å²) >= 11 is 0. The molecule has 1 amide bonds. The average molecular weight is 362 g/mol. The number of amides is 1. The van der Waals surface area contributed by atoms with Gasteiger partial charge < -0.3 is 20.1 Å². The van der Waals surface area contributed by atoms with Gasteiger partial charge in [0.2, 0.25) is 5.95 Å². The van der Waals surface area contributed by atoms with E-state index < -0.39 is 0 Å². The fourth-order valence-electron chi connectivity index (χ4n) is 2.70. The van der Waals surface area contributed by atoms with Crippen LogP contribution in [-0.4, -0.2) is 35.1 Å². The third kappa shape index (κ3) is 4.14. The maximum absolute atomic E-state index is 12.5. The Balaban J connectivity index is 1.35. The zero-order chi connectivity index (χ0) is 18.5. The van der Waals surface area contributed by atoms with E-state index in [1.165, 1.54) is 0 Å². The molecular weight excluding hydrogens is 344 g/mol. The number of carbonyl (C=O) groups excluding carboxylic acids is 1. The summed E-state index contributed by atoms with van der Waals surface area (Å²) < 4.78 is 11.5. The number of nitrogens with one attached hydrogen (secondary N) is 2. The lowest BCUT2D eigenvalue weighted by atomic mass is 10.2. The first-order valence-electron chi connectivity index (χ1n) is 8.59. The third-order valence-corrected chi connectivity index (χ3v) is 4.00. The second kappa shape index (κ2) is 7.74. The molecule has 1 aliphatic heterocycles. The molecule has 0 saturated heterocycles. The molecule has 0 radical (unpaired) electrons. The van der Waals surface area contributed by atoms with Gasteiger partial charge in [0, 0.05) is 23.6 Å². The summed E-state index contributed by atoms with van der Waals surface area (Å²) in [4.78, 5) is 20.7. The molecule has 1 aromatic heterocycles. The highest BCUT2D eigenvalue weighted by molar-refractivity contribution is 5.95. The van der Waals surface area contributed by atoms with Gasteiger partial charge >= 0.3 is 0 Å². The molecular formula is C20H18N4O3. The van der Waals surface area contributed by atoms with Gasteiger partial charge in [0.15, 0.2) is 11.5 Å². The molecule has 136 valence electrons. The maximum Gasteiger partial charge on any atom is 0.251 e. The Kier molecular flexibility index (Phi) is 4.82. The van der Waals surface area contributed by atoms with E-state index in [1.54, 1.807) is 36.7 Å². The van der Waals surface area contributed by atoms with E-state index in [9.17, 15) is 4.79 Å². The monoisotopic (exact) mass is 362 g/mol. The Hall–Kier alpha value is -3.61. The van der Waals surface area contributed by atoms with Gasteiger partial charge in [-0.05, 0) is 36.4 Å². The van der Waals surface area contributed by atoms with E-state index in [4.69, 9.17) is 9.47 Å². The van der Waals surface area contributed by atoms with Crippen molar-refractivity contribution in [2.75, 3.05) is 18.5 Å². The van der Waals surface area contributed by atoms with Gasteiger partial charge in [-0.15, -0.1) is 0 Å². The quantitative estimate of drug-likeness (QED) is 0.726.